The van der Waals surface area contributed by atoms with Crippen LogP contribution in [0.4, 0.5) is 0 Å². The molecule has 0 spiro atoms. The zero-order chi connectivity index (χ0) is 20.4. The number of carbonyl (C=O) groups excluding carboxylic acids is 4. The second kappa shape index (κ2) is 8.40. The van der Waals surface area contributed by atoms with Crippen molar-refractivity contribution in [2.75, 3.05) is 39.3 Å². The Morgan fingerprint density at radius 3 is 2.55 bits per heavy atom. The number of rotatable bonds is 6. The van der Waals surface area contributed by atoms with Gasteiger partial charge in [0.2, 0.25) is 11.8 Å². The number of hydrogen-bond acceptors (Lipinski definition) is 7. The van der Waals surface area contributed by atoms with E-state index in [9.17, 15) is 19.2 Å². The molecule has 2 fully saturated rings. The van der Waals surface area contributed by atoms with Gasteiger partial charge in [-0.15, -0.1) is 0 Å². The van der Waals surface area contributed by atoms with Crippen LogP contribution >= 0.6 is 0 Å². The molecule has 0 bridgehead atoms. The van der Waals surface area contributed by atoms with Crippen LogP contribution in [0.3, 0.4) is 0 Å². The van der Waals surface area contributed by atoms with Crippen molar-refractivity contribution in [2.45, 2.75) is 25.4 Å². The highest BCUT2D eigenvalue weighted by molar-refractivity contribution is 6.23. The summed E-state index contributed by atoms with van der Waals surface area (Å²) in [5, 5.41) is 8.91. The number of imide groups is 2. The van der Waals surface area contributed by atoms with Gasteiger partial charge in [-0.2, -0.15) is 0 Å². The molecule has 0 aromatic heterocycles. The number of hydrogen-bond donors (Lipinski definition) is 3. The fraction of sp³-hybridized carbons (Fsp3) is 0.500. The van der Waals surface area contributed by atoms with E-state index < -0.39 is 23.8 Å². The predicted octanol–water partition coefficient (Wildman–Crippen LogP) is -0.917. The Labute approximate surface area is 168 Å². The van der Waals surface area contributed by atoms with Crippen LogP contribution in [0.25, 0.3) is 0 Å². The van der Waals surface area contributed by atoms with Crippen LogP contribution in [-0.2, 0) is 16.1 Å². The van der Waals surface area contributed by atoms with Crippen molar-refractivity contribution >= 4 is 23.6 Å². The van der Waals surface area contributed by atoms with E-state index in [2.05, 4.69) is 20.9 Å². The fourth-order valence-corrected chi connectivity index (χ4v) is 4.03. The Morgan fingerprint density at radius 2 is 1.79 bits per heavy atom. The van der Waals surface area contributed by atoms with Crippen molar-refractivity contribution in [2.24, 2.45) is 0 Å². The highest BCUT2D eigenvalue weighted by Crippen LogP contribution is 2.28. The quantitative estimate of drug-likeness (QED) is 0.419. The van der Waals surface area contributed by atoms with E-state index >= 15 is 0 Å². The Hall–Kier alpha value is -2.62. The molecule has 4 amide bonds. The Morgan fingerprint density at radius 1 is 1.03 bits per heavy atom. The number of piperidine rings is 1. The number of amides is 4. The third-order valence-corrected chi connectivity index (χ3v) is 5.65. The monoisotopic (exact) mass is 399 g/mol. The Bertz CT molecular complexity index is 849. The predicted molar refractivity (Wildman–Crippen MR) is 104 cm³/mol. The number of piperazine rings is 1. The Balaban J connectivity index is 1.38. The average molecular weight is 399 g/mol. The first kappa shape index (κ1) is 19.7. The van der Waals surface area contributed by atoms with Gasteiger partial charge < -0.3 is 10.6 Å². The summed E-state index contributed by atoms with van der Waals surface area (Å²) in [6, 6.07) is 4.27. The molecular weight excluding hydrogens is 374 g/mol. The van der Waals surface area contributed by atoms with Gasteiger partial charge in [0.1, 0.15) is 6.04 Å². The maximum Gasteiger partial charge on any atom is 0.262 e. The second-order valence-corrected chi connectivity index (χ2v) is 7.60. The van der Waals surface area contributed by atoms with E-state index in [0.717, 1.165) is 49.7 Å². The maximum absolute atomic E-state index is 12.8. The van der Waals surface area contributed by atoms with Gasteiger partial charge in [-0.3, -0.25) is 34.3 Å². The molecule has 154 valence electrons. The molecule has 1 aromatic carbocycles. The smallest absolute Gasteiger partial charge is 0.262 e. The Kier molecular flexibility index (Phi) is 5.70. The number of fused-ring (bicyclic) bond motifs is 1. The molecule has 3 aliphatic heterocycles. The minimum atomic E-state index is -0.930. The van der Waals surface area contributed by atoms with Gasteiger partial charge in [-0.25, -0.2) is 0 Å². The molecule has 29 heavy (non-hydrogen) atoms. The molecule has 9 heteroatoms. The van der Waals surface area contributed by atoms with Crippen molar-refractivity contribution in [1.29, 1.82) is 0 Å². The number of nitrogens with one attached hydrogen (secondary N) is 3. The summed E-state index contributed by atoms with van der Waals surface area (Å²) in [6.45, 7) is 6.54. The van der Waals surface area contributed by atoms with Crippen molar-refractivity contribution in [1.82, 2.24) is 25.8 Å². The highest BCUT2D eigenvalue weighted by atomic mass is 16.2. The first-order valence-electron chi connectivity index (χ1n) is 10.0. The van der Waals surface area contributed by atoms with Gasteiger partial charge in [0.15, 0.2) is 0 Å². The molecule has 4 rings (SSSR count). The lowest BCUT2D eigenvalue weighted by molar-refractivity contribution is -0.136. The van der Waals surface area contributed by atoms with Crippen LogP contribution in [0.2, 0.25) is 0 Å². The van der Waals surface area contributed by atoms with Crippen LogP contribution in [-0.4, -0.2) is 78.7 Å². The topological polar surface area (TPSA) is 111 Å². The largest absolute Gasteiger partial charge is 0.314 e. The lowest BCUT2D eigenvalue weighted by Crippen LogP contribution is -2.54. The SMILES string of the molecule is O=C1CCC(N2C(=O)c3ccc(CNCCN4CCNCC4)cc3C2=O)C(=O)N1. The molecule has 1 unspecified atom stereocenters. The summed E-state index contributed by atoms with van der Waals surface area (Å²) in [5.74, 6) is -1.91. The number of benzene rings is 1. The summed E-state index contributed by atoms with van der Waals surface area (Å²) in [5.41, 5.74) is 1.54. The summed E-state index contributed by atoms with van der Waals surface area (Å²) < 4.78 is 0. The van der Waals surface area contributed by atoms with Crippen LogP contribution < -0.4 is 16.0 Å². The molecule has 0 aliphatic carbocycles. The summed E-state index contributed by atoms with van der Waals surface area (Å²) in [6.07, 6.45) is 0.280. The molecule has 3 heterocycles. The lowest BCUT2D eigenvalue weighted by atomic mass is 10.0. The third-order valence-electron chi connectivity index (χ3n) is 5.65. The van der Waals surface area contributed by atoms with Crippen molar-refractivity contribution in [3.63, 3.8) is 0 Å². The van der Waals surface area contributed by atoms with Gasteiger partial charge >= 0.3 is 0 Å². The van der Waals surface area contributed by atoms with E-state index in [1.54, 1.807) is 12.1 Å². The molecule has 2 saturated heterocycles. The van der Waals surface area contributed by atoms with E-state index in [4.69, 9.17) is 0 Å². The minimum Gasteiger partial charge on any atom is -0.314 e. The molecule has 0 saturated carbocycles. The number of nitrogens with zero attached hydrogens (tertiary/aromatic N) is 2. The third kappa shape index (κ3) is 4.07. The van der Waals surface area contributed by atoms with Gasteiger partial charge in [-0.1, -0.05) is 6.07 Å². The van der Waals surface area contributed by atoms with E-state index in [0.29, 0.717) is 17.7 Å². The van der Waals surface area contributed by atoms with Crippen molar-refractivity contribution in [3.05, 3.63) is 34.9 Å². The normalized spacial score (nSPS) is 22.8. The molecule has 3 aliphatic rings. The summed E-state index contributed by atoms with van der Waals surface area (Å²) >= 11 is 0. The highest BCUT2D eigenvalue weighted by Gasteiger charge is 2.44. The maximum atomic E-state index is 12.8. The molecule has 0 radical (unpaired) electrons. The second-order valence-electron chi connectivity index (χ2n) is 7.60. The minimum absolute atomic E-state index is 0.117. The lowest BCUT2D eigenvalue weighted by Gasteiger charge is -2.27. The van der Waals surface area contributed by atoms with Crippen LogP contribution in [0.1, 0.15) is 39.1 Å². The van der Waals surface area contributed by atoms with Crippen LogP contribution in [0.5, 0.6) is 0 Å². The molecule has 9 nitrogen and oxygen atoms in total. The van der Waals surface area contributed by atoms with Gasteiger partial charge in [0.05, 0.1) is 11.1 Å². The molecule has 1 aromatic rings. The first-order chi connectivity index (χ1) is 14.0. The van der Waals surface area contributed by atoms with Gasteiger partial charge in [0, 0.05) is 52.2 Å². The molecule has 1 atom stereocenters. The van der Waals surface area contributed by atoms with E-state index in [1.807, 2.05) is 6.07 Å². The zero-order valence-corrected chi connectivity index (χ0v) is 16.2. The molecular formula is C20H25N5O4. The van der Waals surface area contributed by atoms with Crippen molar-refractivity contribution < 1.29 is 19.2 Å². The summed E-state index contributed by atoms with van der Waals surface area (Å²) in [4.78, 5) is 52.4. The molecule has 3 N–H and O–H groups in total. The van der Waals surface area contributed by atoms with E-state index in [1.165, 1.54) is 0 Å². The number of carbonyl (C=O) groups is 4. The van der Waals surface area contributed by atoms with Gasteiger partial charge in [0.25, 0.3) is 11.8 Å². The van der Waals surface area contributed by atoms with Gasteiger partial charge in [-0.05, 0) is 24.1 Å². The van der Waals surface area contributed by atoms with Crippen molar-refractivity contribution in [3.8, 4) is 0 Å². The van der Waals surface area contributed by atoms with Crippen LogP contribution in [0.15, 0.2) is 18.2 Å². The average Bonchev–Trinajstić information content (AvgIpc) is 2.96. The van der Waals surface area contributed by atoms with E-state index in [-0.39, 0.29) is 18.7 Å². The van der Waals surface area contributed by atoms with Crippen LogP contribution in [0, 0.1) is 0 Å². The zero-order valence-electron chi connectivity index (χ0n) is 16.2. The standard InChI is InChI=1S/C20H25N5O4/c26-17-4-3-16(18(27)23-17)25-19(28)14-2-1-13(11-15(14)20(25)29)12-22-7-10-24-8-5-21-6-9-24/h1-2,11,16,21-22H,3-10,12H2,(H,23,26,27). The summed E-state index contributed by atoms with van der Waals surface area (Å²) in [7, 11) is 0. The first-order valence-corrected chi connectivity index (χ1v) is 10.0. The fourth-order valence-electron chi connectivity index (χ4n) is 4.03.